The number of aryl methyl sites for hydroxylation is 1. The smallest absolute Gasteiger partial charge is 0.194 e. The van der Waals surface area contributed by atoms with Gasteiger partial charge in [-0.05, 0) is 31.7 Å². The molecule has 134 valence electrons. The summed E-state index contributed by atoms with van der Waals surface area (Å²) in [6.45, 7) is 4.28. The van der Waals surface area contributed by atoms with E-state index in [4.69, 9.17) is 4.74 Å². The van der Waals surface area contributed by atoms with Crippen molar-refractivity contribution in [3.8, 4) is 5.75 Å². The summed E-state index contributed by atoms with van der Waals surface area (Å²) in [5.74, 6) is 2.57. The molecule has 1 aliphatic carbocycles. The number of rotatable bonds is 7. The standard InChI is InChI=1S/C19H26N4OS/c1-14-22-17(13-25-14)11-23(3)19(20-2)21-10-16-6-4-5-7-18(16)24-12-15-8-9-15/h4-7,13,15H,8-12H2,1-3H3,(H,20,21). The van der Waals surface area contributed by atoms with Gasteiger partial charge in [-0.2, -0.15) is 0 Å². The van der Waals surface area contributed by atoms with E-state index >= 15 is 0 Å². The minimum atomic E-state index is 0.688. The van der Waals surface area contributed by atoms with E-state index in [0.717, 1.165) is 47.0 Å². The first-order valence-corrected chi connectivity index (χ1v) is 9.57. The lowest BCUT2D eigenvalue weighted by Crippen LogP contribution is -2.38. The lowest BCUT2D eigenvalue weighted by molar-refractivity contribution is 0.296. The first-order chi connectivity index (χ1) is 12.2. The Morgan fingerprint density at radius 1 is 1.40 bits per heavy atom. The van der Waals surface area contributed by atoms with Crippen molar-refractivity contribution in [1.29, 1.82) is 0 Å². The molecule has 6 heteroatoms. The molecule has 2 aromatic rings. The number of hydrogen-bond donors (Lipinski definition) is 1. The molecule has 0 saturated heterocycles. The number of hydrogen-bond acceptors (Lipinski definition) is 4. The minimum Gasteiger partial charge on any atom is -0.493 e. The Balaban J connectivity index is 1.57. The van der Waals surface area contributed by atoms with E-state index in [-0.39, 0.29) is 0 Å². The van der Waals surface area contributed by atoms with Crippen LogP contribution in [0.2, 0.25) is 0 Å². The van der Waals surface area contributed by atoms with Gasteiger partial charge < -0.3 is 15.0 Å². The summed E-state index contributed by atoms with van der Waals surface area (Å²) in [6, 6.07) is 8.22. The van der Waals surface area contributed by atoms with Crippen LogP contribution in [0.25, 0.3) is 0 Å². The number of thiazole rings is 1. The maximum atomic E-state index is 5.98. The molecular formula is C19H26N4OS. The van der Waals surface area contributed by atoms with Gasteiger partial charge in [-0.25, -0.2) is 4.98 Å². The van der Waals surface area contributed by atoms with E-state index in [9.17, 15) is 0 Å². The Morgan fingerprint density at radius 3 is 2.88 bits per heavy atom. The van der Waals surface area contributed by atoms with Crippen LogP contribution in [0.1, 0.15) is 29.1 Å². The Morgan fingerprint density at radius 2 is 2.20 bits per heavy atom. The molecule has 0 amide bonds. The minimum absolute atomic E-state index is 0.688. The van der Waals surface area contributed by atoms with Crippen molar-refractivity contribution in [2.45, 2.75) is 32.9 Å². The van der Waals surface area contributed by atoms with Crippen LogP contribution in [0.3, 0.4) is 0 Å². The maximum Gasteiger partial charge on any atom is 0.194 e. The third-order valence-electron chi connectivity index (χ3n) is 4.22. The van der Waals surface area contributed by atoms with Gasteiger partial charge in [0.2, 0.25) is 0 Å². The Bertz CT molecular complexity index is 724. The molecule has 25 heavy (non-hydrogen) atoms. The number of ether oxygens (including phenoxy) is 1. The van der Waals surface area contributed by atoms with Crippen LogP contribution >= 0.6 is 11.3 Å². The van der Waals surface area contributed by atoms with Crippen LogP contribution in [-0.4, -0.2) is 36.5 Å². The summed E-state index contributed by atoms with van der Waals surface area (Å²) in [6.07, 6.45) is 2.60. The molecule has 1 heterocycles. The van der Waals surface area contributed by atoms with Gasteiger partial charge in [-0.1, -0.05) is 18.2 Å². The molecule has 0 aliphatic heterocycles. The molecule has 5 nitrogen and oxygen atoms in total. The van der Waals surface area contributed by atoms with Gasteiger partial charge in [0.15, 0.2) is 5.96 Å². The number of para-hydroxylation sites is 1. The Labute approximate surface area is 153 Å². The molecule has 1 saturated carbocycles. The van der Waals surface area contributed by atoms with Gasteiger partial charge in [-0.15, -0.1) is 11.3 Å². The second-order valence-corrected chi connectivity index (χ2v) is 7.54. The van der Waals surface area contributed by atoms with Gasteiger partial charge in [-0.3, -0.25) is 4.99 Å². The van der Waals surface area contributed by atoms with Crippen molar-refractivity contribution in [2.24, 2.45) is 10.9 Å². The van der Waals surface area contributed by atoms with Gasteiger partial charge >= 0.3 is 0 Å². The fourth-order valence-electron chi connectivity index (χ4n) is 2.64. The SMILES string of the molecule is CN=C(NCc1ccccc1OCC1CC1)N(C)Cc1csc(C)n1. The van der Waals surface area contributed by atoms with Crippen LogP contribution in [-0.2, 0) is 13.1 Å². The molecule has 1 aliphatic rings. The zero-order chi connectivity index (χ0) is 17.6. The molecule has 1 aromatic heterocycles. The van der Waals surface area contributed by atoms with Gasteiger partial charge in [0, 0.05) is 31.6 Å². The van der Waals surface area contributed by atoms with Gasteiger partial charge in [0.25, 0.3) is 0 Å². The van der Waals surface area contributed by atoms with Crippen LogP contribution in [0.5, 0.6) is 5.75 Å². The van der Waals surface area contributed by atoms with Crippen LogP contribution in [0, 0.1) is 12.8 Å². The maximum absolute atomic E-state index is 5.98. The summed E-state index contributed by atoms with van der Waals surface area (Å²) in [5.41, 5.74) is 2.23. The number of aromatic nitrogens is 1. The zero-order valence-electron chi connectivity index (χ0n) is 15.2. The monoisotopic (exact) mass is 358 g/mol. The quantitative estimate of drug-likeness (QED) is 0.608. The third-order valence-corrected chi connectivity index (χ3v) is 5.04. The second-order valence-electron chi connectivity index (χ2n) is 6.48. The lowest BCUT2D eigenvalue weighted by atomic mass is 10.2. The molecule has 0 spiro atoms. The van der Waals surface area contributed by atoms with E-state index in [0.29, 0.717) is 6.54 Å². The van der Waals surface area contributed by atoms with Gasteiger partial charge in [0.1, 0.15) is 5.75 Å². The van der Waals surface area contributed by atoms with E-state index < -0.39 is 0 Å². The van der Waals surface area contributed by atoms with E-state index in [1.54, 1.807) is 18.4 Å². The molecule has 0 radical (unpaired) electrons. The fourth-order valence-corrected chi connectivity index (χ4v) is 3.24. The van der Waals surface area contributed by atoms with Crippen molar-refractivity contribution >= 4 is 17.3 Å². The van der Waals surface area contributed by atoms with Crippen molar-refractivity contribution in [1.82, 2.24) is 15.2 Å². The highest BCUT2D eigenvalue weighted by atomic mass is 32.1. The predicted octanol–water partition coefficient (Wildman–Crippen LogP) is 3.45. The molecule has 1 fully saturated rings. The summed E-state index contributed by atoms with van der Waals surface area (Å²) in [4.78, 5) is 11.0. The van der Waals surface area contributed by atoms with Crippen molar-refractivity contribution in [3.05, 3.63) is 45.9 Å². The highest BCUT2D eigenvalue weighted by molar-refractivity contribution is 7.09. The van der Waals surface area contributed by atoms with E-state index in [1.807, 2.05) is 32.2 Å². The molecule has 0 atom stereocenters. The van der Waals surface area contributed by atoms with Crippen molar-refractivity contribution in [3.63, 3.8) is 0 Å². The molecule has 1 N–H and O–H groups in total. The summed E-state index contributed by atoms with van der Waals surface area (Å²) >= 11 is 1.68. The number of nitrogens with one attached hydrogen (secondary N) is 1. The average molecular weight is 359 g/mol. The zero-order valence-corrected chi connectivity index (χ0v) is 16.0. The van der Waals surface area contributed by atoms with Crippen molar-refractivity contribution < 1.29 is 4.74 Å². The first kappa shape index (κ1) is 17.7. The highest BCUT2D eigenvalue weighted by Crippen LogP contribution is 2.30. The highest BCUT2D eigenvalue weighted by Gasteiger charge is 2.22. The average Bonchev–Trinajstić information content (AvgIpc) is 3.36. The van der Waals surface area contributed by atoms with E-state index in [2.05, 4.69) is 31.6 Å². The second kappa shape index (κ2) is 8.34. The summed E-state index contributed by atoms with van der Waals surface area (Å²) in [7, 11) is 3.83. The Kier molecular flexibility index (Phi) is 5.91. The lowest BCUT2D eigenvalue weighted by Gasteiger charge is -2.22. The molecular weight excluding hydrogens is 332 g/mol. The predicted molar refractivity (Wildman–Crippen MR) is 103 cm³/mol. The fraction of sp³-hybridized carbons (Fsp3) is 0.474. The largest absolute Gasteiger partial charge is 0.493 e. The first-order valence-electron chi connectivity index (χ1n) is 8.69. The van der Waals surface area contributed by atoms with E-state index in [1.165, 1.54) is 12.8 Å². The Hall–Kier alpha value is -2.08. The summed E-state index contributed by atoms with van der Waals surface area (Å²) < 4.78 is 5.98. The summed E-state index contributed by atoms with van der Waals surface area (Å²) in [5, 5.41) is 6.62. The third kappa shape index (κ3) is 5.19. The number of nitrogens with zero attached hydrogens (tertiary/aromatic N) is 3. The normalized spacial score (nSPS) is 14.4. The number of guanidine groups is 1. The molecule has 0 unspecified atom stereocenters. The van der Waals surface area contributed by atoms with Crippen LogP contribution in [0.4, 0.5) is 0 Å². The molecule has 1 aromatic carbocycles. The molecule has 3 rings (SSSR count). The van der Waals surface area contributed by atoms with Crippen LogP contribution in [0.15, 0.2) is 34.6 Å². The molecule has 0 bridgehead atoms. The van der Waals surface area contributed by atoms with Crippen LogP contribution < -0.4 is 10.1 Å². The number of aliphatic imine (C=N–C) groups is 1. The number of benzene rings is 1. The van der Waals surface area contributed by atoms with Crippen molar-refractivity contribution in [2.75, 3.05) is 20.7 Å². The topological polar surface area (TPSA) is 49.8 Å². The van der Waals surface area contributed by atoms with Gasteiger partial charge in [0.05, 0.1) is 23.9 Å².